The summed E-state index contributed by atoms with van der Waals surface area (Å²) in [4.78, 5) is 33.2. The van der Waals surface area contributed by atoms with Crippen LogP contribution in [0.3, 0.4) is 0 Å². The van der Waals surface area contributed by atoms with E-state index in [-0.39, 0.29) is 58.3 Å². The molecule has 3 aromatic rings. The van der Waals surface area contributed by atoms with Crippen molar-refractivity contribution >= 4 is 64.4 Å². The third-order valence-corrected chi connectivity index (χ3v) is 11.3. The van der Waals surface area contributed by atoms with Crippen molar-refractivity contribution in [2.45, 2.75) is 22.6 Å². The SMILES string of the molecule is O=C1C2C3CC(C2C(=O)N1c1ccc(Cl)cc1)C1C(c2ccccc2O)c2sc(=S)[nH]c2SC31. The van der Waals surface area contributed by atoms with Crippen molar-refractivity contribution in [1.82, 2.24) is 4.98 Å². The van der Waals surface area contributed by atoms with E-state index in [9.17, 15) is 14.7 Å². The molecule has 2 aromatic carbocycles. The first-order chi connectivity index (χ1) is 16.4. The number of thiazole rings is 1. The number of hydrogen-bond acceptors (Lipinski definition) is 6. The van der Waals surface area contributed by atoms with Crippen LogP contribution in [0.25, 0.3) is 0 Å². The number of phenolic OH excluding ortho intramolecular Hbond substituents is 1. The van der Waals surface area contributed by atoms with Crippen LogP contribution in [-0.2, 0) is 9.59 Å². The van der Waals surface area contributed by atoms with Gasteiger partial charge in [0.25, 0.3) is 0 Å². The number of aromatic hydroxyl groups is 1. The lowest BCUT2D eigenvalue weighted by molar-refractivity contribution is -0.123. The van der Waals surface area contributed by atoms with Crippen LogP contribution in [0.15, 0.2) is 53.6 Å². The van der Waals surface area contributed by atoms with E-state index in [2.05, 4.69) is 4.98 Å². The molecule has 9 heteroatoms. The molecule has 5 nitrogen and oxygen atoms in total. The number of nitrogens with one attached hydrogen (secondary N) is 1. The van der Waals surface area contributed by atoms with Crippen LogP contribution in [0.2, 0.25) is 5.02 Å². The molecule has 7 unspecified atom stereocenters. The van der Waals surface area contributed by atoms with Crippen molar-refractivity contribution in [1.29, 1.82) is 0 Å². The van der Waals surface area contributed by atoms with Crippen molar-refractivity contribution in [2.75, 3.05) is 4.90 Å². The number of anilines is 1. The van der Waals surface area contributed by atoms with Crippen LogP contribution in [-0.4, -0.2) is 27.2 Å². The molecule has 2 aliphatic heterocycles. The largest absolute Gasteiger partial charge is 0.508 e. The van der Waals surface area contributed by atoms with E-state index in [0.717, 1.165) is 21.9 Å². The number of rotatable bonds is 2. The molecule has 2 N–H and O–H groups in total. The maximum Gasteiger partial charge on any atom is 0.238 e. The standard InChI is InChI=1S/C25H19ClN2O3S3/c26-10-5-7-11(8-6-10)28-23(30)18-13-9-14(19(18)24(28)31)20-17(13)16(12-3-1-2-4-15(12)29)21-22(33-20)27-25(32)34-21/h1-8,13-14,16-20,29H,9H2,(H,27,32). The second-order valence-corrected chi connectivity index (χ2v) is 12.9. The van der Waals surface area contributed by atoms with E-state index < -0.39 is 0 Å². The normalized spacial score (nSPS) is 33.2. The quantitative estimate of drug-likeness (QED) is 0.324. The molecule has 2 bridgehead atoms. The maximum atomic E-state index is 13.7. The number of benzene rings is 2. The van der Waals surface area contributed by atoms with Crippen molar-refractivity contribution in [3.8, 4) is 5.75 Å². The molecular formula is C25H19ClN2O3S3. The lowest BCUT2D eigenvalue weighted by Crippen LogP contribution is -2.42. The van der Waals surface area contributed by atoms with Gasteiger partial charge in [-0.05, 0) is 66.7 Å². The van der Waals surface area contributed by atoms with Crippen LogP contribution < -0.4 is 4.90 Å². The molecule has 7 rings (SSSR count). The van der Waals surface area contributed by atoms with Gasteiger partial charge in [-0.1, -0.05) is 29.8 Å². The van der Waals surface area contributed by atoms with E-state index in [1.165, 1.54) is 4.90 Å². The number of para-hydroxylation sites is 1. The third-order valence-electron chi connectivity index (χ3n) is 8.08. The van der Waals surface area contributed by atoms with Gasteiger partial charge in [0.15, 0.2) is 3.95 Å². The molecule has 4 aliphatic rings. The minimum atomic E-state index is -0.322. The fourth-order valence-corrected chi connectivity index (χ4v) is 10.4. The van der Waals surface area contributed by atoms with Gasteiger partial charge in [0.05, 0.1) is 22.5 Å². The van der Waals surface area contributed by atoms with Crippen LogP contribution in [0.4, 0.5) is 5.69 Å². The zero-order valence-corrected chi connectivity index (χ0v) is 20.9. The summed E-state index contributed by atoms with van der Waals surface area (Å²) in [5.74, 6) is -0.254. The lowest BCUT2D eigenvalue weighted by atomic mass is 9.68. The Balaban J connectivity index is 1.34. The molecule has 3 fully saturated rings. The zero-order chi connectivity index (χ0) is 23.3. The van der Waals surface area contributed by atoms with Crippen LogP contribution in [0.5, 0.6) is 5.75 Å². The summed E-state index contributed by atoms with van der Waals surface area (Å²) in [6.07, 6.45) is 0.864. The van der Waals surface area contributed by atoms with Crippen molar-refractivity contribution < 1.29 is 14.7 Å². The predicted octanol–water partition coefficient (Wildman–Crippen LogP) is 5.84. The Morgan fingerprint density at radius 2 is 1.74 bits per heavy atom. The van der Waals surface area contributed by atoms with Gasteiger partial charge < -0.3 is 10.1 Å². The Morgan fingerprint density at radius 1 is 1.03 bits per heavy atom. The predicted molar refractivity (Wildman–Crippen MR) is 135 cm³/mol. The van der Waals surface area contributed by atoms with Gasteiger partial charge in [0.1, 0.15) is 5.75 Å². The molecule has 1 saturated heterocycles. The number of fused-ring (bicyclic) bond motifs is 9. The molecule has 2 amide bonds. The van der Waals surface area contributed by atoms with Crippen LogP contribution in [0.1, 0.15) is 22.8 Å². The van der Waals surface area contributed by atoms with Gasteiger partial charge >= 0.3 is 0 Å². The molecule has 7 atom stereocenters. The number of amides is 2. The number of thioether (sulfide) groups is 1. The summed E-state index contributed by atoms with van der Waals surface area (Å²) < 4.78 is 0.714. The fraction of sp³-hybridized carbons (Fsp3) is 0.320. The molecule has 2 aliphatic carbocycles. The topological polar surface area (TPSA) is 73.4 Å². The smallest absolute Gasteiger partial charge is 0.238 e. The minimum absolute atomic E-state index is 0.0520. The van der Waals surface area contributed by atoms with Gasteiger partial charge in [-0.2, -0.15) is 0 Å². The number of aromatic nitrogens is 1. The summed E-state index contributed by atoms with van der Waals surface area (Å²) in [5.41, 5.74) is 1.46. The molecule has 3 heterocycles. The molecule has 2 saturated carbocycles. The maximum absolute atomic E-state index is 13.7. The summed E-state index contributed by atoms with van der Waals surface area (Å²) in [7, 11) is 0. The highest BCUT2D eigenvalue weighted by molar-refractivity contribution is 8.00. The van der Waals surface area contributed by atoms with E-state index >= 15 is 0 Å². The first-order valence-corrected chi connectivity index (χ1v) is 13.7. The number of aromatic amines is 1. The summed E-state index contributed by atoms with van der Waals surface area (Å²) >= 11 is 14.8. The third kappa shape index (κ3) is 2.77. The average molecular weight is 527 g/mol. The minimum Gasteiger partial charge on any atom is -0.508 e. The Bertz CT molecular complexity index is 1420. The van der Waals surface area contributed by atoms with E-state index in [1.54, 1.807) is 53.4 Å². The highest BCUT2D eigenvalue weighted by Gasteiger charge is 2.69. The monoisotopic (exact) mass is 526 g/mol. The number of halogens is 1. The molecule has 34 heavy (non-hydrogen) atoms. The Labute approximate surface area is 214 Å². The number of imide groups is 1. The highest BCUT2D eigenvalue weighted by Crippen LogP contribution is 2.69. The number of H-pyrrole nitrogens is 1. The lowest BCUT2D eigenvalue weighted by Gasteiger charge is -2.43. The number of hydrogen-bond donors (Lipinski definition) is 2. The summed E-state index contributed by atoms with van der Waals surface area (Å²) in [6, 6.07) is 14.4. The number of carbonyl (C=O) groups excluding carboxylic acids is 2. The van der Waals surface area contributed by atoms with Gasteiger partial charge in [0, 0.05) is 26.6 Å². The Hall–Kier alpha value is -2.13. The number of phenols is 1. The summed E-state index contributed by atoms with van der Waals surface area (Å²) in [6.45, 7) is 0. The van der Waals surface area contributed by atoms with Gasteiger partial charge in [0.2, 0.25) is 11.8 Å². The second-order valence-electron chi connectivity index (χ2n) is 9.51. The number of nitrogens with zero attached hydrogens (tertiary/aromatic N) is 1. The van der Waals surface area contributed by atoms with Crippen molar-refractivity contribution in [2.24, 2.45) is 29.6 Å². The first kappa shape index (κ1) is 21.2. The molecule has 0 radical (unpaired) electrons. The molecule has 172 valence electrons. The second kappa shape index (κ2) is 7.43. The molecule has 0 spiro atoms. The van der Waals surface area contributed by atoms with Crippen LogP contribution in [0, 0.1) is 33.5 Å². The van der Waals surface area contributed by atoms with Crippen LogP contribution >= 0.6 is 46.9 Å². The molecule has 1 aromatic heterocycles. The van der Waals surface area contributed by atoms with Crippen molar-refractivity contribution in [3.05, 3.63) is 67.9 Å². The first-order valence-electron chi connectivity index (χ1n) is 11.2. The Kier molecular flexibility index (Phi) is 4.63. The van der Waals surface area contributed by atoms with Gasteiger partial charge in [-0.15, -0.1) is 23.1 Å². The van der Waals surface area contributed by atoms with E-state index in [1.807, 2.05) is 18.2 Å². The zero-order valence-electron chi connectivity index (χ0n) is 17.7. The van der Waals surface area contributed by atoms with E-state index in [4.69, 9.17) is 23.8 Å². The van der Waals surface area contributed by atoms with E-state index in [0.29, 0.717) is 14.7 Å². The van der Waals surface area contributed by atoms with Crippen molar-refractivity contribution in [3.63, 3.8) is 0 Å². The summed E-state index contributed by atoms with van der Waals surface area (Å²) in [5, 5.41) is 12.6. The van der Waals surface area contributed by atoms with Gasteiger partial charge in [-0.25, -0.2) is 0 Å². The number of carbonyl (C=O) groups is 2. The Morgan fingerprint density at radius 3 is 2.47 bits per heavy atom. The average Bonchev–Trinajstić information content (AvgIpc) is 3.54. The highest BCUT2D eigenvalue weighted by atomic mass is 35.5. The fourth-order valence-electron chi connectivity index (χ4n) is 6.96. The van der Waals surface area contributed by atoms with Gasteiger partial charge in [-0.3, -0.25) is 14.5 Å². The molecular weight excluding hydrogens is 508 g/mol.